The Bertz CT molecular complexity index is 819. The number of piperazine rings is 1. The molecule has 2 aromatic heterocycles. The predicted octanol–water partition coefficient (Wildman–Crippen LogP) is 1.35. The number of benzene rings is 1. The van der Waals surface area contributed by atoms with Gasteiger partial charge in [0.15, 0.2) is 11.5 Å². The van der Waals surface area contributed by atoms with E-state index in [1.165, 1.54) is 10.2 Å². The molecule has 1 aromatic carbocycles. The molecule has 0 bridgehead atoms. The molecule has 0 radical (unpaired) electrons. The largest absolute Gasteiger partial charge is 0.353 e. The highest BCUT2D eigenvalue weighted by Crippen LogP contribution is 2.13. The van der Waals surface area contributed by atoms with E-state index in [1.54, 1.807) is 0 Å². The normalized spacial score (nSPS) is 16.2. The molecule has 24 heavy (non-hydrogen) atoms. The fraction of sp³-hybridized carbons (Fsp3) is 0.294. The Morgan fingerprint density at radius 2 is 1.79 bits per heavy atom. The van der Waals surface area contributed by atoms with Crippen molar-refractivity contribution in [1.82, 2.24) is 30.2 Å². The van der Waals surface area contributed by atoms with Crippen molar-refractivity contribution >= 4 is 17.5 Å². The van der Waals surface area contributed by atoms with Gasteiger partial charge in [-0.05, 0) is 28.1 Å². The van der Waals surface area contributed by atoms with Crippen LogP contribution in [-0.4, -0.2) is 62.9 Å². The highest BCUT2D eigenvalue weighted by molar-refractivity contribution is 5.49. The van der Waals surface area contributed by atoms with Gasteiger partial charge in [0.05, 0.1) is 0 Å². The van der Waals surface area contributed by atoms with Crippen LogP contribution in [0.25, 0.3) is 11.7 Å². The molecule has 1 aliphatic rings. The average Bonchev–Trinajstić information content (AvgIpc) is 3.11. The van der Waals surface area contributed by atoms with Crippen LogP contribution >= 0.6 is 0 Å². The molecular formula is C17H19N7. The Labute approximate surface area is 140 Å². The van der Waals surface area contributed by atoms with Crippen molar-refractivity contribution in [2.45, 2.75) is 0 Å². The highest BCUT2D eigenvalue weighted by Gasteiger charge is 2.17. The average molecular weight is 321 g/mol. The molecule has 0 saturated carbocycles. The van der Waals surface area contributed by atoms with Gasteiger partial charge in [-0.25, -0.2) is 0 Å². The summed E-state index contributed by atoms with van der Waals surface area (Å²) < 4.78 is 1.48. The minimum Gasteiger partial charge on any atom is -0.353 e. The lowest BCUT2D eigenvalue weighted by Crippen LogP contribution is -2.46. The van der Waals surface area contributed by atoms with Gasteiger partial charge in [0.25, 0.3) is 0 Å². The first-order valence-corrected chi connectivity index (χ1v) is 8.13. The zero-order valence-corrected chi connectivity index (χ0v) is 13.4. The number of rotatable bonds is 4. The summed E-state index contributed by atoms with van der Waals surface area (Å²) >= 11 is 0. The molecule has 0 aliphatic carbocycles. The van der Waals surface area contributed by atoms with Crippen LogP contribution < -0.4 is 4.90 Å². The topological polar surface area (TPSA) is 62.5 Å². The van der Waals surface area contributed by atoms with Gasteiger partial charge < -0.3 is 4.90 Å². The van der Waals surface area contributed by atoms with E-state index in [2.05, 4.69) is 66.8 Å². The van der Waals surface area contributed by atoms with Gasteiger partial charge in [-0.2, -0.15) is 0 Å². The molecule has 0 amide bonds. The maximum atomic E-state index is 4.46. The fourth-order valence-corrected chi connectivity index (χ4v) is 2.87. The van der Waals surface area contributed by atoms with Crippen LogP contribution in [0.2, 0.25) is 0 Å². The summed E-state index contributed by atoms with van der Waals surface area (Å²) in [6.07, 6.45) is 4.41. The lowest BCUT2D eigenvalue weighted by atomic mass is 10.2. The van der Waals surface area contributed by atoms with Crippen molar-refractivity contribution in [1.29, 1.82) is 0 Å². The van der Waals surface area contributed by atoms with Crippen LogP contribution in [0.4, 0.5) is 5.82 Å². The summed E-state index contributed by atoms with van der Waals surface area (Å²) in [7, 11) is 0. The van der Waals surface area contributed by atoms with E-state index in [1.807, 2.05) is 18.2 Å². The van der Waals surface area contributed by atoms with Gasteiger partial charge in [-0.3, -0.25) is 4.90 Å². The highest BCUT2D eigenvalue weighted by atomic mass is 15.6. The molecule has 7 nitrogen and oxygen atoms in total. The summed E-state index contributed by atoms with van der Waals surface area (Å²) in [6.45, 7) is 4.94. The first-order chi connectivity index (χ1) is 11.9. The molecule has 1 saturated heterocycles. The van der Waals surface area contributed by atoms with Crippen molar-refractivity contribution < 1.29 is 0 Å². The Hall–Kier alpha value is -2.80. The van der Waals surface area contributed by atoms with Crippen LogP contribution in [0.15, 0.2) is 48.5 Å². The molecular weight excluding hydrogens is 302 g/mol. The minimum absolute atomic E-state index is 0.670. The van der Waals surface area contributed by atoms with Crippen molar-refractivity contribution in [2.75, 3.05) is 37.6 Å². The Balaban J connectivity index is 1.32. The van der Waals surface area contributed by atoms with Gasteiger partial charge >= 0.3 is 0 Å². The molecule has 7 heteroatoms. The van der Waals surface area contributed by atoms with Gasteiger partial charge in [0.2, 0.25) is 0 Å². The summed E-state index contributed by atoms with van der Waals surface area (Å²) in [5, 5.41) is 15.8. The SMILES string of the molecule is C(=Cc1ccccc1)CN1CCN(c2ccc3nnnn3n2)CC1. The second-order valence-corrected chi connectivity index (χ2v) is 5.82. The number of aromatic nitrogens is 5. The number of anilines is 1. The Kier molecular flexibility index (Phi) is 4.16. The lowest BCUT2D eigenvalue weighted by Gasteiger charge is -2.34. The van der Waals surface area contributed by atoms with E-state index in [9.17, 15) is 0 Å². The molecule has 0 unspecified atom stereocenters. The van der Waals surface area contributed by atoms with Gasteiger partial charge in [-0.1, -0.05) is 42.5 Å². The smallest absolute Gasteiger partial charge is 0.200 e. The molecule has 3 aromatic rings. The molecule has 1 fully saturated rings. The zero-order valence-electron chi connectivity index (χ0n) is 13.4. The number of hydrogen-bond acceptors (Lipinski definition) is 6. The van der Waals surface area contributed by atoms with Crippen molar-refractivity contribution in [3.8, 4) is 0 Å². The third-order valence-corrected chi connectivity index (χ3v) is 4.23. The third-order valence-electron chi connectivity index (χ3n) is 4.23. The van der Waals surface area contributed by atoms with Crippen LogP contribution in [0.3, 0.4) is 0 Å². The van der Waals surface area contributed by atoms with Crippen LogP contribution in [0, 0.1) is 0 Å². The van der Waals surface area contributed by atoms with E-state index in [4.69, 9.17) is 0 Å². The molecule has 0 spiro atoms. The second-order valence-electron chi connectivity index (χ2n) is 5.82. The first kappa shape index (κ1) is 14.8. The van der Waals surface area contributed by atoms with E-state index < -0.39 is 0 Å². The number of fused-ring (bicyclic) bond motifs is 1. The van der Waals surface area contributed by atoms with Crippen LogP contribution in [0.5, 0.6) is 0 Å². The van der Waals surface area contributed by atoms with E-state index >= 15 is 0 Å². The fourth-order valence-electron chi connectivity index (χ4n) is 2.87. The van der Waals surface area contributed by atoms with Gasteiger partial charge in [0.1, 0.15) is 0 Å². The number of nitrogens with zero attached hydrogens (tertiary/aromatic N) is 7. The Morgan fingerprint density at radius 3 is 2.62 bits per heavy atom. The van der Waals surface area contributed by atoms with Crippen molar-refractivity contribution in [3.63, 3.8) is 0 Å². The maximum Gasteiger partial charge on any atom is 0.200 e. The van der Waals surface area contributed by atoms with Gasteiger partial charge in [-0.15, -0.1) is 14.8 Å². The summed E-state index contributed by atoms with van der Waals surface area (Å²) in [5.41, 5.74) is 1.92. The summed E-state index contributed by atoms with van der Waals surface area (Å²) in [5.74, 6) is 0.925. The third kappa shape index (κ3) is 3.26. The molecule has 0 N–H and O–H groups in total. The predicted molar refractivity (Wildman–Crippen MR) is 92.7 cm³/mol. The first-order valence-electron chi connectivity index (χ1n) is 8.13. The lowest BCUT2D eigenvalue weighted by molar-refractivity contribution is 0.283. The molecule has 1 aliphatic heterocycles. The number of tetrazole rings is 1. The quantitative estimate of drug-likeness (QED) is 0.723. The van der Waals surface area contributed by atoms with E-state index in [0.29, 0.717) is 5.65 Å². The minimum atomic E-state index is 0.670. The second kappa shape index (κ2) is 6.76. The van der Waals surface area contributed by atoms with Crippen LogP contribution in [0.1, 0.15) is 5.56 Å². The monoisotopic (exact) mass is 321 g/mol. The zero-order chi connectivity index (χ0) is 16.2. The van der Waals surface area contributed by atoms with Crippen molar-refractivity contribution in [3.05, 3.63) is 54.1 Å². The van der Waals surface area contributed by atoms with Gasteiger partial charge in [0, 0.05) is 32.7 Å². The maximum absolute atomic E-state index is 4.46. The molecule has 4 rings (SSSR count). The molecule has 3 heterocycles. The number of hydrogen-bond donors (Lipinski definition) is 0. The molecule has 122 valence electrons. The Morgan fingerprint density at radius 1 is 0.958 bits per heavy atom. The standard InChI is InChI=1S/C17H19N7/c1-2-5-15(6-3-1)7-4-10-22-11-13-23(14-12-22)17-9-8-16-18-20-21-24(16)19-17/h1-9H,10-14H2. The van der Waals surface area contributed by atoms with Crippen LogP contribution in [-0.2, 0) is 0 Å². The van der Waals surface area contributed by atoms with Crippen molar-refractivity contribution in [2.24, 2.45) is 0 Å². The van der Waals surface area contributed by atoms with E-state index in [-0.39, 0.29) is 0 Å². The summed E-state index contributed by atoms with van der Waals surface area (Å²) in [6, 6.07) is 14.3. The molecule has 0 atom stereocenters. The summed E-state index contributed by atoms with van der Waals surface area (Å²) in [4.78, 5) is 4.73. The van der Waals surface area contributed by atoms with E-state index in [0.717, 1.165) is 38.5 Å².